The Balaban J connectivity index is 2.41. The van der Waals surface area contributed by atoms with Crippen molar-refractivity contribution in [3.63, 3.8) is 0 Å². The van der Waals surface area contributed by atoms with Crippen molar-refractivity contribution in [1.29, 1.82) is 5.39 Å². The third kappa shape index (κ3) is 4.49. The molecule has 0 aliphatic heterocycles. The Labute approximate surface area is 98.0 Å². The summed E-state index contributed by atoms with van der Waals surface area (Å²) in [6, 6.07) is 7.28. The molecule has 4 nitrogen and oxygen atoms in total. The average Bonchev–Trinajstić information content (AvgIpc) is 2.27. The molecule has 0 amide bonds. The van der Waals surface area contributed by atoms with E-state index in [0.29, 0.717) is 5.02 Å². The molecule has 0 unspecified atom stereocenters. The van der Waals surface area contributed by atoms with E-state index < -0.39 is 5.95 Å². The zero-order chi connectivity index (χ0) is 11.8. The molecule has 0 saturated heterocycles. The second-order valence-electron chi connectivity index (χ2n) is 2.85. The van der Waals surface area contributed by atoms with Crippen LogP contribution in [-0.2, 0) is 4.74 Å². The summed E-state index contributed by atoms with van der Waals surface area (Å²) in [5.41, 5.74) is 0.975. The molecule has 0 fully saturated rings. The number of hydrogen-bond acceptors (Lipinski definition) is 3. The summed E-state index contributed by atoms with van der Waals surface area (Å²) in [7, 11) is 0. The molecule has 16 heavy (non-hydrogen) atoms. The molecule has 0 saturated carbocycles. The average molecular weight is 238 g/mol. The van der Waals surface area contributed by atoms with E-state index >= 15 is 0 Å². The summed E-state index contributed by atoms with van der Waals surface area (Å²) < 4.78 is 4.78. The summed E-state index contributed by atoms with van der Waals surface area (Å²) in [4.78, 5) is 2.61. The van der Waals surface area contributed by atoms with Crippen LogP contribution in [0.5, 0.6) is 0 Å². The molecule has 5 heteroatoms. The lowest BCUT2D eigenvalue weighted by Crippen LogP contribution is -1.89. The molecule has 0 spiro atoms. The quantitative estimate of drug-likeness (QED) is 0.643. The summed E-state index contributed by atoms with van der Waals surface area (Å²) in [5, 5.41) is 17.7. The van der Waals surface area contributed by atoms with E-state index in [1.165, 1.54) is 0 Å². The van der Waals surface area contributed by atoms with Crippen LogP contribution >= 0.6 is 11.6 Å². The van der Waals surface area contributed by atoms with Crippen molar-refractivity contribution in [2.24, 2.45) is 0 Å². The van der Waals surface area contributed by atoms with Crippen molar-refractivity contribution in [1.82, 2.24) is 0 Å². The van der Waals surface area contributed by atoms with Gasteiger partial charge in [-0.05, 0) is 23.8 Å². The van der Waals surface area contributed by atoms with Crippen LogP contribution in [0.3, 0.4) is 0 Å². The molecule has 0 aliphatic rings. The van der Waals surface area contributed by atoms with Crippen LogP contribution < -0.4 is 0 Å². The fourth-order valence-corrected chi connectivity index (χ4v) is 1.10. The lowest BCUT2D eigenvalue weighted by Gasteiger charge is -1.96. The number of ether oxygens (including phenoxy) is 1. The van der Waals surface area contributed by atoms with Crippen LogP contribution in [0.2, 0.25) is 5.02 Å². The van der Waals surface area contributed by atoms with E-state index in [0.717, 1.165) is 11.8 Å². The van der Waals surface area contributed by atoms with E-state index in [9.17, 15) is 0 Å². The first-order valence-electron chi connectivity index (χ1n) is 4.50. The maximum atomic E-state index is 8.92. The SMILES string of the molecule is N#[N+]/C=C(/O)OC/C=C/c1ccc(Cl)cc1. The number of halogens is 1. The van der Waals surface area contributed by atoms with Gasteiger partial charge in [0.2, 0.25) is 5.39 Å². The number of hydrogen-bond donors (Lipinski definition) is 1. The fourth-order valence-electron chi connectivity index (χ4n) is 0.978. The second-order valence-corrected chi connectivity index (χ2v) is 3.28. The number of rotatable bonds is 4. The summed E-state index contributed by atoms with van der Waals surface area (Å²) >= 11 is 5.73. The van der Waals surface area contributed by atoms with Gasteiger partial charge in [0.15, 0.2) is 4.98 Å². The molecular weight excluding hydrogens is 228 g/mol. The van der Waals surface area contributed by atoms with E-state index in [1.807, 2.05) is 18.2 Å². The van der Waals surface area contributed by atoms with Gasteiger partial charge in [-0.3, -0.25) is 0 Å². The van der Waals surface area contributed by atoms with Gasteiger partial charge in [-0.15, -0.1) is 0 Å². The third-order valence-corrected chi connectivity index (χ3v) is 1.93. The Morgan fingerprint density at radius 3 is 2.75 bits per heavy atom. The van der Waals surface area contributed by atoms with E-state index in [2.05, 4.69) is 4.98 Å². The van der Waals surface area contributed by atoms with Crippen LogP contribution in [0, 0.1) is 5.39 Å². The normalized spacial score (nSPS) is 11.4. The van der Waals surface area contributed by atoms with Gasteiger partial charge >= 0.3 is 12.1 Å². The van der Waals surface area contributed by atoms with E-state index in [4.69, 9.17) is 26.8 Å². The van der Waals surface area contributed by atoms with Crippen molar-refractivity contribution in [2.75, 3.05) is 6.61 Å². The Hall–Kier alpha value is -1.99. The van der Waals surface area contributed by atoms with Gasteiger partial charge in [0.1, 0.15) is 6.61 Å². The van der Waals surface area contributed by atoms with Crippen molar-refractivity contribution in [3.8, 4) is 0 Å². The van der Waals surface area contributed by atoms with Crippen LogP contribution in [0.1, 0.15) is 5.56 Å². The second kappa shape index (κ2) is 6.49. The van der Waals surface area contributed by atoms with Gasteiger partial charge in [0.25, 0.3) is 0 Å². The Morgan fingerprint density at radius 2 is 2.12 bits per heavy atom. The largest absolute Gasteiger partial charge is 0.476 e. The Kier molecular flexibility index (Phi) is 4.90. The molecule has 0 bridgehead atoms. The maximum absolute atomic E-state index is 8.92. The van der Waals surface area contributed by atoms with Gasteiger partial charge in [-0.2, -0.15) is 0 Å². The number of aliphatic hydroxyl groups excluding tert-OH is 1. The fraction of sp³-hybridized carbons (Fsp3) is 0.0909. The van der Waals surface area contributed by atoms with Crippen LogP contribution in [0.4, 0.5) is 0 Å². The summed E-state index contributed by atoms with van der Waals surface area (Å²) in [6.45, 7) is 0.181. The first kappa shape index (κ1) is 12.1. The number of diazo groups is 1. The molecule has 1 aromatic rings. The molecule has 0 aromatic heterocycles. The summed E-state index contributed by atoms with van der Waals surface area (Å²) in [5.74, 6) is -0.441. The number of aliphatic hydroxyl groups is 1. The van der Waals surface area contributed by atoms with Gasteiger partial charge < -0.3 is 9.84 Å². The molecule has 0 aliphatic carbocycles. The Morgan fingerprint density at radius 1 is 1.44 bits per heavy atom. The molecular formula is C11H10ClN2O2+. The predicted molar refractivity (Wildman–Crippen MR) is 62.2 cm³/mol. The highest BCUT2D eigenvalue weighted by Gasteiger charge is 1.97. The predicted octanol–water partition coefficient (Wildman–Crippen LogP) is 3.58. The molecule has 0 radical (unpaired) electrons. The van der Waals surface area contributed by atoms with Crippen molar-refractivity contribution in [3.05, 3.63) is 58.0 Å². The highest BCUT2D eigenvalue weighted by molar-refractivity contribution is 6.30. The molecule has 0 heterocycles. The van der Waals surface area contributed by atoms with Gasteiger partial charge in [0.05, 0.1) is 0 Å². The highest BCUT2D eigenvalue weighted by Crippen LogP contribution is 2.10. The van der Waals surface area contributed by atoms with E-state index in [1.54, 1.807) is 18.2 Å². The molecule has 1 rings (SSSR count). The van der Waals surface area contributed by atoms with Crippen molar-refractivity contribution < 1.29 is 9.84 Å². The van der Waals surface area contributed by atoms with Crippen LogP contribution in [-0.4, -0.2) is 11.7 Å². The maximum Gasteiger partial charge on any atom is 0.429 e. The van der Waals surface area contributed by atoms with Gasteiger partial charge in [-0.25, -0.2) is 0 Å². The molecule has 82 valence electrons. The minimum absolute atomic E-state index is 0.181. The smallest absolute Gasteiger partial charge is 0.429 e. The monoisotopic (exact) mass is 237 g/mol. The van der Waals surface area contributed by atoms with Crippen LogP contribution in [0.15, 0.2) is 42.5 Å². The van der Waals surface area contributed by atoms with Crippen molar-refractivity contribution in [2.45, 2.75) is 0 Å². The number of nitrogens with zero attached hydrogens (tertiary/aromatic N) is 2. The molecule has 0 atom stereocenters. The highest BCUT2D eigenvalue weighted by atomic mass is 35.5. The van der Waals surface area contributed by atoms with E-state index in [-0.39, 0.29) is 6.61 Å². The topological polar surface area (TPSA) is 57.6 Å². The standard InChI is InChI=1S/C11H9ClN2O2/c12-10-5-3-9(4-6-10)2-1-7-16-11(15)8-14-13/h1-6,8H,7H2/p+1/b2-1+,11-8-. The van der Waals surface area contributed by atoms with Gasteiger partial charge in [-0.1, -0.05) is 29.8 Å². The Bertz CT molecular complexity index is 432. The first-order chi connectivity index (χ1) is 7.72. The zero-order valence-corrected chi connectivity index (χ0v) is 9.13. The third-order valence-electron chi connectivity index (χ3n) is 1.68. The first-order valence-corrected chi connectivity index (χ1v) is 4.88. The number of benzene rings is 1. The molecule has 1 N–H and O–H groups in total. The minimum Gasteiger partial charge on any atom is -0.476 e. The zero-order valence-electron chi connectivity index (χ0n) is 8.38. The minimum atomic E-state index is -0.441. The lowest BCUT2D eigenvalue weighted by atomic mass is 10.2. The molecule has 1 aromatic carbocycles. The summed E-state index contributed by atoms with van der Waals surface area (Å²) in [6.07, 6.45) is 4.33. The van der Waals surface area contributed by atoms with Crippen LogP contribution in [0.25, 0.3) is 11.1 Å². The van der Waals surface area contributed by atoms with Gasteiger partial charge in [0, 0.05) is 5.02 Å². The lowest BCUT2D eigenvalue weighted by molar-refractivity contribution is 0.113. The van der Waals surface area contributed by atoms with Crippen molar-refractivity contribution >= 4 is 17.7 Å².